The molecular formula is C14H20FN3O. The van der Waals surface area contributed by atoms with Gasteiger partial charge in [-0.1, -0.05) is 24.3 Å². The van der Waals surface area contributed by atoms with Crippen LogP contribution in [0.3, 0.4) is 0 Å². The number of guanidine groups is 1. The van der Waals surface area contributed by atoms with Gasteiger partial charge in [-0.05, 0) is 13.0 Å². The maximum Gasteiger partial charge on any atom is 0.191 e. The molecule has 1 aromatic carbocycles. The molecule has 0 saturated carbocycles. The first-order valence-electron chi connectivity index (χ1n) is 6.24. The van der Waals surface area contributed by atoms with E-state index in [0.717, 1.165) is 0 Å². The van der Waals surface area contributed by atoms with Crippen molar-refractivity contribution in [2.75, 3.05) is 19.6 Å². The highest BCUT2D eigenvalue weighted by atomic mass is 19.1. The van der Waals surface area contributed by atoms with Crippen molar-refractivity contribution in [1.29, 1.82) is 0 Å². The number of halogens is 1. The number of rotatable bonds is 6. The Hall–Kier alpha value is -1.88. The Morgan fingerprint density at radius 3 is 2.84 bits per heavy atom. The lowest BCUT2D eigenvalue weighted by atomic mass is 10.1. The van der Waals surface area contributed by atoms with Gasteiger partial charge in [-0.15, -0.1) is 6.58 Å². The maximum atomic E-state index is 13.5. The summed E-state index contributed by atoms with van der Waals surface area (Å²) in [6, 6.07) is 6.15. The number of aliphatic hydroxyl groups is 1. The summed E-state index contributed by atoms with van der Waals surface area (Å²) in [5, 5.41) is 16.0. The molecule has 5 heteroatoms. The molecule has 0 aliphatic carbocycles. The minimum atomic E-state index is -0.958. The van der Waals surface area contributed by atoms with Crippen molar-refractivity contribution in [3.8, 4) is 0 Å². The first kappa shape index (κ1) is 15.2. The van der Waals surface area contributed by atoms with Crippen molar-refractivity contribution in [2.24, 2.45) is 4.99 Å². The van der Waals surface area contributed by atoms with Gasteiger partial charge >= 0.3 is 0 Å². The molecule has 0 fully saturated rings. The third-order valence-corrected chi connectivity index (χ3v) is 2.44. The van der Waals surface area contributed by atoms with Crippen molar-refractivity contribution in [3.63, 3.8) is 0 Å². The summed E-state index contributed by atoms with van der Waals surface area (Å²) in [6.45, 7) is 6.91. The van der Waals surface area contributed by atoms with Gasteiger partial charge in [0.25, 0.3) is 0 Å². The van der Waals surface area contributed by atoms with E-state index in [1.54, 1.807) is 24.3 Å². The topological polar surface area (TPSA) is 56.7 Å². The van der Waals surface area contributed by atoms with Gasteiger partial charge in [0.1, 0.15) is 11.9 Å². The van der Waals surface area contributed by atoms with Crippen molar-refractivity contribution >= 4 is 5.96 Å². The summed E-state index contributed by atoms with van der Waals surface area (Å²) < 4.78 is 13.5. The molecule has 0 saturated heterocycles. The Morgan fingerprint density at radius 1 is 1.47 bits per heavy atom. The van der Waals surface area contributed by atoms with E-state index in [2.05, 4.69) is 22.2 Å². The Labute approximate surface area is 113 Å². The quantitative estimate of drug-likeness (QED) is 0.416. The highest BCUT2D eigenvalue weighted by Crippen LogP contribution is 2.16. The van der Waals surface area contributed by atoms with Gasteiger partial charge in [-0.25, -0.2) is 4.39 Å². The van der Waals surface area contributed by atoms with Gasteiger partial charge in [0.05, 0.1) is 6.54 Å². The second-order valence-corrected chi connectivity index (χ2v) is 3.93. The van der Waals surface area contributed by atoms with Crippen molar-refractivity contribution < 1.29 is 9.50 Å². The van der Waals surface area contributed by atoms with E-state index in [1.807, 2.05) is 6.92 Å². The SMILES string of the molecule is C=CCNC(=NCC(O)c1ccccc1F)NCC. The summed E-state index contributed by atoms with van der Waals surface area (Å²) in [7, 11) is 0. The highest BCUT2D eigenvalue weighted by Gasteiger charge is 2.11. The molecule has 1 atom stereocenters. The second kappa shape index (κ2) is 8.26. The van der Waals surface area contributed by atoms with Crippen LogP contribution in [0.25, 0.3) is 0 Å². The van der Waals surface area contributed by atoms with E-state index in [-0.39, 0.29) is 12.1 Å². The summed E-state index contributed by atoms with van der Waals surface area (Å²) in [4.78, 5) is 4.20. The molecule has 104 valence electrons. The zero-order chi connectivity index (χ0) is 14.1. The number of aliphatic hydroxyl groups excluding tert-OH is 1. The molecule has 0 spiro atoms. The number of hydrogen-bond donors (Lipinski definition) is 3. The van der Waals surface area contributed by atoms with E-state index in [1.165, 1.54) is 6.07 Å². The van der Waals surface area contributed by atoms with Crippen LogP contribution < -0.4 is 10.6 Å². The summed E-state index contributed by atoms with van der Waals surface area (Å²) in [6.07, 6.45) is 0.751. The fourth-order valence-electron chi connectivity index (χ4n) is 1.53. The van der Waals surface area contributed by atoms with Gasteiger partial charge in [0.15, 0.2) is 5.96 Å². The summed E-state index contributed by atoms with van der Waals surface area (Å²) >= 11 is 0. The maximum absolute atomic E-state index is 13.5. The zero-order valence-electron chi connectivity index (χ0n) is 11.1. The van der Waals surface area contributed by atoms with Gasteiger partial charge in [0, 0.05) is 18.7 Å². The van der Waals surface area contributed by atoms with Gasteiger partial charge in [0.2, 0.25) is 0 Å². The van der Waals surface area contributed by atoms with Crippen LogP contribution in [0, 0.1) is 5.82 Å². The van der Waals surface area contributed by atoms with E-state index in [9.17, 15) is 9.50 Å². The molecule has 0 amide bonds. The summed E-state index contributed by atoms with van der Waals surface area (Å²) in [5.74, 6) is 0.145. The predicted octanol–water partition coefficient (Wildman–Crippen LogP) is 1.60. The normalized spacial score (nSPS) is 12.9. The fraction of sp³-hybridized carbons (Fsp3) is 0.357. The fourth-order valence-corrected chi connectivity index (χ4v) is 1.53. The molecule has 4 nitrogen and oxygen atoms in total. The zero-order valence-corrected chi connectivity index (χ0v) is 11.1. The number of hydrogen-bond acceptors (Lipinski definition) is 2. The van der Waals surface area contributed by atoms with Crippen molar-refractivity contribution in [1.82, 2.24) is 10.6 Å². The van der Waals surface area contributed by atoms with Crippen LogP contribution in [-0.2, 0) is 0 Å². The molecule has 3 N–H and O–H groups in total. The van der Waals surface area contributed by atoms with Crippen LogP contribution >= 0.6 is 0 Å². The molecule has 1 rings (SSSR count). The minimum absolute atomic E-state index is 0.0907. The largest absolute Gasteiger partial charge is 0.386 e. The lowest BCUT2D eigenvalue weighted by molar-refractivity contribution is 0.182. The van der Waals surface area contributed by atoms with E-state index in [4.69, 9.17) is 0 Å². The molecule has 0 bridgehead atoms. The number of aliphatic imine (C=N–C) groups is 1. The molecule has 0 radical (unpaired) electrons. The van der Waals surface area contributed by atoms with Crippen molar-refractivity contribution in [3.05, 3.63) is 48.3 Å². The molecule has 0 aromatic heterocycles. The third-order valence-electron chi connectivity index (χ3n) is 2.44. The highest BCUT2D eigenvalue weighted by molar-refractivity contribution is 5.79. The Balaban J connectivity index is 2.66. The molecule has 1 aromatic rings. The molecule has 19 heavy (non-hydrogen) atoms. The monoisotopic (exact) mass is 265 g/mol. The predicted molar refractivity (Wildman–Crippen MR) is 75.5 cm³/mol. The summed E-state index contributed by atoms with van der Waals surface area (Å²) in [5.41, 5.74) is 0.255. The molecule has 0 aliphatic heterocycles. The van der Waals surface area contributed by atoms with E-state index < -0.39 is 11.9 Å². The minimum Gasteiger partial charge on any atom is -0.386 e. The molecular weight excluding hydrogens is 245 g/mol. The van der Waals surface area contributed by atoms with Crippen molar-refractivity contribution in [2.45, 2.75) is 13.0 Å². The first-order valence-corrected chi connectivity index (χ1v) is 6.24. The van der Waals surface area contributed by atoms with E-state index in [0.29, 0.717) is 19.0 Å². The lowest BCUT2D eigenvalue weighted by Gasteiger charge is -2.12. The van der Waals surface area contributed by atoms with Crippen LogP contribution in [0.5, 0.6) is 0 Å². The van der Waals surface area contributed by atoms with Crippen LogP contribution in [0.2, 0.25) is 0 Å². The average Bonchev–Trinajstić information content (AvgIpc) is 2.42. The molecule has 0 heterocycles. The van der Waals surface area contributed by atoms with E-state index >= 15 is 0 Å². The number of benzene rings is 1. The van der Waals surface area contributed by atoms with Gasteiger partial charge in [-0.2, -0.15) is 0 Å². The smallest absolute Gasteiger partial charge is 0.191 e. The second-order valence-electron chi connectivity index (χ2n) is 3.93. The van der Waals surface area contributed by atoms with Crippen LogP contribution in [0.1, 0.15) is 18.6 Å². The van der Waals surface area contributed by atoms with Gasteiger partial charge in [-0.3, -0.25) is 4.99 Å². The van der Waals surface area contributed by atoms with Gasteiger partial charge < -0.3 is 15.7 Å². The molecule has 0 aliphatic rings. The van der Waals surface area contributed by atoms with Crippen LogP contribution in [0.15, 0.2) is 41.9 Å². The number of nitrogens with zero attached hydrogens (tertiary/aromatic N) is 1. The first-order chi connectivity index (χ1) is 9.19. The standard InChI is InChI=1S/C14H20FN3O/c1-3-9-17-14(16-4-2)18-10-13(19)11-7-5-6-8-12(11)15/h3,5-8,13,19H,1,4,9-10H2,2H3,(H2,16,17,18). The Morgan fingerprint density at radius 2 is 2.21 bits per heavy atom. The van der Waals surface area contributed by atoms with Crippen LogP contribution in [0.4, 0.5) is 4.39 Å². The third kappa shape index (κ3) is 5.09. The molecule has 1 unspecified atom stereocenters. The Bertz CT molecular complexity index is 434. The van der Waals surface area contributed by atoms with Crippen LogP contribution in [-0.4, -0.2) is 30.7 Å². The Kier molecular flexibility index (Phi) is 6.60. The average molecular weight is 265 g/mol. The number of nitrogens with one attached hydrogen (secondary N) is 2. The lowest BCUT2D eigenvalue weighted by Crippen LogP contribution is -2.37.